The van der Waals surface area contributed by atoms with Crippen molar-refractivity contribution in [3.8, 4) is 0 Å². The van der Waals surface area contributed by atoms with E-state index in [0.717, 1.165) is 11.1 Å². The molecule has 0 unspecified atom stereocenters. The first-order chi connectivity index (χ1) is 9.78. The van der Waals surface area contributed by atoms with E-state index in [2.05, 4.69) is 0 Å². The summed E-state index contributed by atoms with van der Waals surface area (Å²) in [6, 6.07) is 6.99. The van der Waals surface area contributed by atoms with E-state index in [1.807, 2.05) is 13.8 Å². The second-order valence-electron chi connectivity index (χ2n) is 5.39. The molecule has 0 spiro atoms. The van der Waals surface area contributed by atoms with Crippen LogP contribution in [0.15, 0.2) is 24.3 Å². The summed E-state index contributed by atoms with van der Waals surface area (Å²) in [5.74, 6) is -0.0238. The van der Waals surface area contributed by atoms with Crippen molar-refractivity contribution in [2.45, 2.75) is 31.8 Å². The van der Waals surface area contributed by atoms with Crippen LogP contribution in [0.4, 0.5) is 0 Å². The maximum atomic E-state index is 12.5. The van der Waals surface area contributed by atoms with Crippen LogP contribution in [0.1, 0.15) is 25.0 Å². The van der Waals surface area contributed by atoms with Gasteiger partial charge in [0.05, 0.1) is 18.0 Å². The van der Waals surface area contributed by atoms with E-state index in [1.165, 1.54) is 4.31 Å². The molecule has 0 saturated carbocycles. The van der Waals surface area contributed by atoms with Crippen LogP contribution in [0, 0.1) is 0 Å². The van der Waals surface area contributed by atoms with Gasteiger partial charge in [-0.3, -0.25) is 0 Å². The van der Waals surface area contributed by atoms with Gasteiger partial charge in [-0.05, 0) is 19.4 Å². The molecule has 0 amide bonds. The van der Waals surface area contributed by atoms with E-state index in [9.17, 15) is 8.42 Å². The number of nitrogens with two attached hydrogens (primary N) is 1. The molecule has 0 aliphatic carbocycles. The minimum atomic E-state index is -3.35. The first kappa shape index (κ1) is 16.4. The Balaban J connectivity index is 2.11. The van der Waals surface area contributed by atoms with Crippen LogP contribution in [0.2, 0.25) is 0 Å². The zero-order valence-electron chi connectivity index (χ0n) is 12.2. The highest BCUT2D eigenvalue weighted by molar-refractivity contribution is 7.88. The van der Waals surface area contributed by atoms with Gasteiger partial charge in [0.15, 0.2) is 0 Å². The van der Waals surface area contributed by atoms with E-state index in [1.54, 1.807) is 24.3 Å². The van der Waals surface area contributed by atoms with Crippen LogP contribution < -0.4 is 5.73 Å². The second-order valence-corrected chi connectivity index (χ2v) is 7.80. The number of benzene rings is 1. The van der Waals surface area contributed by atoms with Gasteiger partial charge in [0.1, 0.15) is 4.99 Å². The fourth-order valence-electron chi connectivity index (χ4n) is 2.42. The lowest BCUT2D eigenvalue weighted by Gasteiger charge is -2.34. The Morgan fingerprint density at radius 2 is 1.81 bits per heavy atom. The van der Waals surface area contributed by atoms with Gasteiger partial charge in [-0.1, -0.05) is 36.5 Å². The Morgan fingerprint density at radius 1 is 1.29 bits per heavy atom. The molecule has 1 aromatic carbocycles. The summed E-state index contributed by atoms with van der Waals surface area (Å²) in [5.41, 5.74) is 6.99. The third-order valence-electron chi connectivity index (χ3n) is 3.37. The lowest BCUT2D eigenvalue weighted by molar-refractivity contribution is -0.0441. The van der Waals surface area contributed by atoms with Crippen LogP contribution in [-0.2, 0) is 20.5 Å². The molecule has 0 bridgehead atoms. The fraction of sp³-hybridized carbons (Fsp3) is 0.500. The lowest BCUT2D eigenvalue weighted by Crippen LogP contribution is -2.48. The van der Waals surface area contributed by atoms with Crippen molar-refractivity contribution >= 4 is 27.2 Å². The van der Waals surface area contributed by atoms with E-state index in [-0.39, 0.29) is 18.0 Å². The minimum absolute atomic E-state index is 0.0238. The maximum absolute atomic E-state index is 12.5. The topological polar surface area (TPSA) is 72.6 Å². The Bertz CT molecular complexity index is 604. The molecule has 7 heteroatoms. The molecule has 0 radical (unpaired) electrons. The molecular weight excluding hydrogens is 308 g/mol. The van der Waals surface area contributed by atoms with Gasteiger partial charge in [0.25, 0.3) is 0 Å². The van der Waals surface area contributed by atoms with E-state index in [0.29, 0.717) is 18.1 Å². The number of morpholine rings is 1. The van der Waals surface area contributed by atoms with Gasteiger partial charge in [-0.25, -0.2) is 8.42 Å². The quantitative estimate of drug-likeness (QED) is 0.843. The predicted octanol–water partition coefficient (Wildman–Crippen LogP) is 1.26. The largest absolute Gasteiger partial charge is 0.389 e. The minimum Gasteiger partial charge on any atom is -0.389 e. The van der Waals surface area contributed by atoms with E-state index < -0.39 is 10.0 Å². The molecule has 1 aliphatic rings. The van der Waals surface area contributed by atoms with Crippen LogP contribution in [0.25, 0.3) is 0 Å². The Morgan fingerprint density at radius 3 is 2.29 bits per heavy atom. The molecule has 1 saturated heterocycles. The van der Waals surface area contributed by atoms with Gasteiger partial charge >= 0.3 is 0 Å². The summed E-state index contributed by atoms with van der Waals surface area (Å²) in [6.07, 6.45) is -0.166. The van der Waals surface area contributed by atoms with Gasteiger partial charge < -0.3 is 10.5 Å². The molecule has 0 aromatic heterocycles. The maximum Gasteiger partial charge on any atom is 0.218 e. The first-order valence-corrected chi connectivity index (χ1v) is 8.81. The van der Waals surface area contributed by atoms with Gasteiger partial charge in [-0.15, -0.1) is 0 Å². The van der Waals surface area contributed by atoms with Gasteiger partial charge in [-0.2, -0.15) is 4.31 Å². The molecule has 1 fully saturated rings. The predicted molar refractivity (Wildman–Crippen MR) is 86.5 cm³/mol. The molecule has 116 valence electrons. The van der Waals surface area contributed by atoms with Crippen LogP contribution in [0.5, 0.6) is 0 Å². The van der Waals surface area contributed by atoms with Crippen molar-refractivity contribution < 1.29 is 13.2 Å². The normalized spacial score (nSPS) is 23.9. The van der Waals surface area contributed by atoms with Gasteiger partial charge in [0.2, 0.25) is 10.0 Å². The third kappa shape index (κ3) is 4.23. The van der Waals surface area contributed by atoms with Crippen molar-refractivity contribution in [1.82, 2.24) is 4.31 Å². The summed E-state index contributed by atoms with van der Waals surface area (Å²) in [5, 5.41) is 0. The summed E-state index contributed by atoms with van der Waals surface area (Å²) in [4.78, 5) is 0.306. The number of hydrogen-bond acceptors (Lipinski definition) is 4. The van der Waals surface area contributed by atoms with Crippen molar-refractivity contribution in [3.05, 3.63) is 35.4 Å². The molecule has 21 heavy (non-hydrogen) atoms. The molecule has 5 nitrogen and oxygen atoms in total. The number of hydrogen-bond donors (Lipinski definition) is 1. The Kier molecular flexibility index (Phi) is 4.98. The lowest BCUT2D eigenvalue weighted by atomic mass is 10.1. The van der Waals surface area contributed by atoms with E-state index in [4.69, 9.17) is 22.7 Å². The second kappa shape index (κ2) is 6.39. The van der Waals surface area contributed by atoms with Crippen molar-refractivity contribution in [1.29, 1.82) is 0 Å². The molecule has 2 N–H and O–H groups in total. The SMILES string of the molecule is C[C@@H]1CN(S(=O)(=O)Cc2ccc(C(N)=S)cc2)C[C@H](C)O1. The summed E-state index contributed by atoms with van der Waals surface area (Å²) in [6.45, 7) is 4.57. The van der Waals surface area contributed by atoms with Gasteiger partial charge in [0, 0.05) is 18.7 Å². The average molecular weight is 328 g/mol. The third-order valence-corrected chi connectivity index (χ3v) is 5.39. The molecular formula is C14H20N2O3S2. The van der Waals surface area contributed by atoms with Crippen molar-refractivity contribution in [3.63, 3.8) is 0 Å². The average Bonchev–Trinajstić information content (AvgIpc) is 2.37. The number of thiocarbonyl (C=S) groups is 1. The molecule has 1 heterocycles. The highest BCUT2D eigenvalue weighted by Crippen LogP contribution is 2.18. The monoisotopic (exact) mass is 328 g/mol. The highest BCUT2D eigenvalue weighted by Gasteiger charge is 2.30. The number of nitrogens with zero attached hydrogens (tertiary/aromatic N) is 1. The first-order valence-electron chi connectivity index (χ1n) is 6.80. The number of ether oxygens (including phenoxy) is 1. The summed E-state index contributed by atoms with van der Waals surface area (Å²) >= 11 is 4.88. The number of sulfonamides is 1. The van der Waals surface area contributed by atoms with Crippen molar-refractivity contribution in [2.75, 3.05) is 13.1 Å². The summed E-state index contributed by atoms with van der Waals surface area (Å²) in [7, 11) is -3.35. The molecule has 2 rings (SSSR count). The zero-order chi connectivity index (χ0) is 15.6. The van der Waals surface area contributed by atoms with E-state index >= 15 is 0 Å². The standard InChI is InChI=1S/C14H20N2O3S2/c1-10-7-16(8-11(2)19-10)21(17,18)9-12-3-5-13(6-4-12)14(15)20/h3-6,10-11H,7-9H2,1-2H3,(H2,15,20)/t10-,11+. The van der Waals surface area contributed by atoms with Crippen LogP contribution >= 0.6 is 12.2 Å². The van der Waals surface area contributed by atoms with Crippen molar-refractivity contribution in [2.24, 2.45) is 5.73 Å². The molecule has 1 aromatic rings. The van der Waals surface area contributed by atoms with Crippen LogP contribution in [-0.4, -0.2) is 43.0 Å². The Labute approximate surface area is 131 Å². The van der Waals surface area contributed by atoms with Crippen LogP contribution in [0.3, 0.4) is 0 Å². The molecule has 1 aliphatic heterocycles. The Hall–Kier alpha value is -1.02. The highest BCUT2D eigenvalue weighted by atomic mass is 32.2. The summed E-state index contributed by atoms with van der Waals surface area (Å²) < 4.78 is 32.0. The molecule has 2 atom stereocenters. The number of rotatable bonds is 4. The smallest absolute Gasteiger partial charge is 0.218 e. The zero-order valence-corrected chi connectivity index (χ0v) is 13.8. The fourth-order valence-corrected chi connectivity index (χ4v) is 4.23.